The van der Waals surface area contributed by atoms with Gasteiger partial charge in [-0.1, -0.05) is 186 Å². The van der Waals surface area contributed by atoms with E-state index in [1.54, 1.807) is 0 Å². The van der Waals surface area contributed by atoms with E-state index >= 15 is 0 Å². The predicted octanol–water partition coefficient (Wildman–Crippen LogP) is 6.70. The minimum atomic E-state index is 0.215. The highest BCUT2D eigenvalue weighted by atomic mass is 14.2. The molecule has 0 spiro atoms. The Hall–Kier alpha value is -5.07. The molecule has 10 rings (SSSR count). The molecular formula is C43H30B2. The highest BCUT2D eigenvalue weighted by molar-refractivity contribution is 7.01. The molecule has 2 heterocycles. The molecule has 8 aromatic rings. The normalized spacial score (nSPS) is 13.2. The van der Waals surface area contributed by atoms with Crippen LogP contribution in [0.25, 0.3) is 54.6 Å². The van der Waals surface area contributed by atoms with Gasteiger partial charge in [0.25, 0.3) is 0 Å². The fraction of sp³-hybridized carbons (Fsp3) is 0.0698. The number of benzene rings is 8. The van der Waals surface area contributed by atoms with Gasteiger partial charge in [0.05, 0.1) is 0 Å². The lowest BCUT2D eigenvalue weighted by molar-refractivity contribution is 0.876. The zero-order valence-corrected chi connectivity index (χ0v) is 25.5. The summed E-state index contributed by atoms with van der Waals surface area (Å²) in [4.78, 5) is 0. The molecule has 0 aromatic heterocycles. The summed E-state index contributed by atoms with van der Waals surface area (Å²) in [6.45, 7) is 5.15. The van der Waals surface area contributed by atoms with Crippen LogP contribution in [0.5, 0.6) is 0 Å². The summed E-state index contributed by atoms with van der Waals surface area (Å²) in [5.41, 5.74) is 15.5. The van der Waals surface area contributed by atoms with Gasteiger partial charge in [0.15, 0.2) is 0 Å². The minimum Gasteiger partial charge on any atom is -0.0664 e. The van der Waals surface area contributed by atoms with E-state index in [1.165, 1.54) is 92.9 Å². The van der Waals surface area contributed by atoms with Crippen LogP contribution in [0.4, 0.5) is 0 Å². The maximum Gasteiger partial charge on any atom is 0.243 e. The fourth-order valence-electron chi connectivity index (χ4n) is 8.95. The maximum absolute atomic E-state index is 2.51. The van der Waals surface area contributed by atoms with E-state index in [2.05, 4.69) is 153 Å². The van der Waals surface area contributed by atoms with Gasteiger partial charge < -0.3 is 0 Å². The standard InChI is InChI=1S/C43H30B2/c1-26(2)35-25-28-20-22-33-40(44-36-15-7-3-11-29(36)30-12-4-8-16-37(30)44)24-21-27-19-23-34(42(28)41(27)33)43(35)45-38-17-9-5-13-31(38)32-14-6-10-18-39(32)45/h3-26H,1-2H3. The maximum atomic E-state index is 2.51. The van der Waals surface area contributed by atoms with Crippen LogP contribution in [0, 0.1) is 0 Å². The Morgan fingerprint density at radius 2 is 0.844 bits per heavy atom. The van der Waals surface area contributed by atoms with Crippen LogP contribution in [-0.4, -0.2) is 13.4 Å². The molecule has 0 nitrogen and oxygen atoms in total. The van der Waals surface area contributed by atoms with Crippen LogP contribution in [0.3, 0.4) is 0 Å². The van der Waals surface area contributed by atoms with Crippen molar-refractivity contribution in [3.8, 4) is 22.3 Å². The minimum absolute atomic E-state index is 0.215. The molecule has 0 saturated carbocycles. The first kappa shape index (κ1) is 25.3. The van der Waals surface area contributed by atoms with Crippen molar-refractivity contribution >= 4 is 78.5 Å². The molecule has 0 fully saturated rings. The summed E-state index contributed by atoms with van der Waals surface area (Å²) in [5, 5.41) is 8.25. The zero-order valence-electron chi connectivity index (χ0n) is 25.5. The monoisotopic (exact) mass is 568 g/mol. The van der Waals surface area contributed by atoms with Crippen LogP contribution < -0.4 is 32.8 Å². The van der Waals surface area contributed by atoms with Crippen LogP contribution >= 0.6 is 0 Å². The molecule has 0 aliphatic carbocycles. The van der Waals surface area contributed by atoms with E-state index in [0.717, 1.165) is 0 Å². The zero-order chi connectivity index (χ0) is 29.8. The molecule has 0 amide bonds. The van der Waals surface area contributed by atoms with Crippen molar-refractivity contribution in [3.05, 3.63) is 145 Å². The molecule has 0 unspecified atom stereocenters. The Labute approximate surface area is 264 Å². The first-order chi connectivity index (χ1) is 22.2. The highest BCUT2D eigenvalue weighted by Crippen LogP contribution is 2.37. The molecule has 2 heteroatoms. The lowest BCUT2D eigenvalue weighted by Gasteiger charge is -2.24. The number of rotatable bonds is 3. The Balaban J connectivity index is 1.30. The second-order valence-electron chi connectivity index (χ2n) is 13.3. The van der Waals surface area contributed by atoms with Crippen LogP contribution in [0.2, 0.25) is 0 Å². The van der Waals surface area contributed by atoms with E-state index < -0.39 is 0 Å². The molecular weight excluding hydrogens is 538 g/mol. The van der Waals surface area contributed by atoms with Crippen molar-refractivity contribution in [1.82, 2.24) is 0 Å². The quantitative estimate of drug-likeness (QED) is 0.165. The van der Waals surface area contributed by atoms with E-state index in [-0.39, 0.29) is 13.4 Å². The second kappa shape index (κ2) is 9.22. The van der Waals surface area contributed by atoms with Gasteiger partial charge in [-0.15, -0.1) is 0 Å². The molecule has 0 saturated heterocycles. The Bertz CT molecular complexity index is 2400. The van der Waals surface area contributed by atoms with E-state index in [9.17, 15) is 0 Å². The molecule has 0 radical (unpaired) electrons. The molecule has 0 N–H and O–H groups in total. The predicted molar refractivity (Wildman–Crippen MR) is 197 cm³/mol. The summed E-state index contributed by atoms with van der Waals surface area (Å²) in [7, 11) is 0. The van der Waals surface area contributed by atoms with Gasteiger partial charge in [-0.25, -0.2) is 0 Å². The van der Waals surface area contributed by atoms with Crippen LogP contribution in [0.1, 0.15) is 25.3 Å². The average Bonchev–Trinajstić information content (AvgIpc) is 3.60. The van der Waals surface area contributed by atoms with Crippen LogP contribution in [0.15, 0.2) is 140 Å². The number of fused-ring (bicyclic) bond motifs is 6. The van der Waals surface area contributed by atoms with Gasteiger partial charge in [-0.2, -0.15) is 0 Å². The van der Waals surface area contributed by atoms with Crippen molar-refractivity contribution in [2.75, 3.05) is 0 Å². The van der Waals surface area contributed by atoms with Gasteiger partial charge in [-0.3, -0.25) is 0 Å². The molecule has 0 bridgehead atoms. The Morgan fingerprint density at radius 3 is 1.40 bits per heavy atom. The van der Waals surface area contributed by atoms with Crippen molar-refractivity contribution in [1.29, 1.82) is 0 Å². The van der Waals surface area contributed by atoms with Gasteiger partial charge in [0.2, 0.25) is 13.4 Å². The molecule has 0 atom stereocenters. The second-order valence-corrected chi connectivity index (χ2v) is 13.3. The first-order valence-corrected chi connectivity index (χ1v) is 16.3. The first-order valence-electron chi connectivity index (χ1n) is 16.3. The van der Waals surface area contributed by atoms with E-state index in [4.69, 9.17) is 0 Å². The number of hydrogen-bond donors (Lipinski definition) is 0. The van der Waals surface area contributed by atoms with Crippen molar-refractivity contribution in [3.63, 3.8) is 0 Å². The topological polar surface area (TPSA) is 0 Å². The van der Waals surface area contributed by atoms with Gasteiger partial charge in [0, 0.05) is 0 Å². The van der Waals surface area contributed by atoms with Gasteiger partial charge in [0.1, 0.15) is 0 Å². The molecule has 2 aliphatic rings. The average molecular weight is 568 g/mol. The van der Waals surface area contributed by atoms with E-state index in [1.807, 2.05) is 0 Å². The van der Waals surface area contributed by atoms with Crippen molar-refractivity contribution in [2.24, 2.45) is 0 Å². The summed E-state index contributed by atoms with van der Waals surface area (Å²) < 4.78 is 0. The van der Waals surface area contributed by atoms with Crippen LogP contribution in [-0.2, 0) is 0 Å². The summed E-state index contributed by atoms with van der Waals surface area (Å²) in [6.07, 6.45) is 0. The SMILES string of the molecule is CC(C)c1cc2ccc3c(B4c5ccccc5-c5ccccc54)ccc4ccc(c1B1c5ccccc5-c5ccccc51)c2c43. The molecule has 208 valence electrons. The summed E-state index contributed by atoms with van der Waals surface area (Å²) >= 11 is 0. The Kier molecular flexibility index (Phi) is 5.18. The third-order valence-corrected chi connectivity index (χ3v) is 10.8. The van der Waals surface area contributed by atoms with Crippen molar-refractivity contribution in [2.45, 2.75) is 19.8 Å². The van der Waals surface area contributed by atoms with Crippen molar-refractivity contribution < 1.29 is 0 Å². The van der Waals surface area contributed by atoms with E-state index in [0.29, 0.717) is 5.92 Å². The smallest absolute Gasteiger partial charge is 0.0664 e. The third kappa shape index (κ3) is 3.35. The third-order valence-electron chi connectivity index (χ3n) is 10.8. The van der Waals surface area contributed by atoms with Gasteiger partial charge >= 0.3 is 0 Å². The lowest BCUT2D eigenvalue weighted by Crippen LogP contribution is -2.51. The highest BCUT2D eigenvalue weighted by Gasteiger charge is 2.37. The fourth-order valence-corrected chi connectivity index (χ4v) is 8.95. The van der Waals surface area contributed by atoms with Gasteiger partial charge in [-0.05, 0) is 66.1 Å². The largest absolute Gasteiger partial charge is 0.243 e. The molecule has 2 aliphatic heterocycles. The molecule has 45 heavy (non-hydrogen) atoms. The number of hydrogen-bond acceptors (Lipinski definition) is 0. The molecule has 8 aromatic carbocycles. The summed E-state index contributed by atoms with van der Waals surface area (Å²) in [5.74, 6) is 0.406. The Morgan fingerprint density at radius 1 is 0.400 bits per heavy atom. The lowest BCUT2D eigenvalue weighted by atomic mass is 9.37. The summed E-state index contributed by atoms with van der Waals surface area (Å²) in [6, 6.07) is 53.0.